The lowest BCUT2D eigenvalue weighted by atomic mass is 10.1. The van der Waals surface area contributed by atoms with Gasteiger partial charge in [-0.2, -0.15) is 13.2 Å². The van der Waals surface area contributed by atoms with E-state index in [0.29, 0.717) is 15.9 Å². The lowest BCUT2D eigenvalue weighted by Crippen LogP contribution is -2.04. The molecular weight excluding hydrogens is 297 g/mol. The van der Waals surface area contributed by atoms with Crippen LogP contribution in [0.2, 0.25) is 0 Å². The molecule has 2 nitrogen and oxygen atoms in total. The first kappa shape index (κ1) is 12.0. The molecule has 0 atom stereocenters. The average molecular weight is 303 g/mol. The summed E-state index contributed by atoms with van der Waals surface area (Å²) in [5.41, 5.74) is 0.158. The van der Waals surface area contributed by atoms with Gasteiger partial charge in [-0.3, -0.25) is 0 Å². The van der Waals surface area contributed by atoms with Crippen LogP contribution in [0.4, 0.5) is 13.2 Å². The van der Waals surface area contributed by atoms with Gasteiger partial charge in [0, 0.05) is 5.56 Å². The molecule has 0 aliphatic carbocycles. The molecular formula is C11H6BrF3N2. The fourth-order valence-electron chi connectivity index (χ4n) is 1.35. The predicted octanol–water partition coefficient (Wildman–Crippen LogP) is 3.92. The van der Waals surface area contributed by atoms with Crippen molar-refractivity contribution in [3.8, 4) is 11.3 Å². The van der Waals surface area contributed by atoms with E-state index in [9.17, 15) is 13.2 Å². The molecule has 0 bridgehead atoms. The summed E-state index contributed by atoms with van der Waals surface area (Å²) in [6, 6.07) is 6.59. The van der Waals surface area contributed by atoms with E-state index in [1.807, 2.05) is 0 Å². The first-order chi connectivity index (χ1) is 7.97. The highest BCUT2D eigenvalue weighted by atomic mass is 79.9. The lowest BCUT2D eigenvalue weighted by molar-refractivity contribution is -0.137. The number of alkyl halides is 3. The first-order valence-corrected chi connectivity index (χ1v) is 5.41. The molecule has 1 aromatic carbocycles. The Hall–Kier alpha value is -1.43. The Labute approximate surface area is 104 Å². The van der Waals surface area contributed by atoms with Gasteiger partial charge in [0.05, 0.1) is 11.3 Å². The van der Waals surface area contributed by atoms with Crippen molar-refractivity contribution < 1.29 is 13.2 Å². The summed E-state index contributed by atoms with van der Waals surface area (Å²) < 4.78 is 38.1. The van der Waals surface area contributed by atoms with Crippen molar-refractivity contribution in [1.29, 1.82) is 0 Å². The van der Waals surface area contributed by atoms with Gasteiger partial charge in [0.2, 0.25) is 0 Å². The Kier molecular flexibility index (Phi) is 3.15. The Bertz CT molecular complexity index is 540. The fourth-order valence-corrected chi connectivity index (χ4v) is 1.65. The molecule has 2 rings (SSSR count). The molecule has 0 unspecified atom stereocenters. The molecule has 0 saturated carbocycles. The summed E-state index contributed by atoms with van der Waals surface area (Å²) in [6.45, 7) is 0. The highest BCUT2D eigenvalue weighted by Gasteiger charge is 2.30. The molecule has 1 heterocycles. The van der Waals surface area contributed by atoms with Gasteiger partial charge in [0.15, 0.2) is 0 Å². The van der Waals surface area contributed by atoms with Crippen molar-refractivity contribution in [2.75, 3.05) is 0 Å². The van der Waals surface area contributed by atoms with Crippen molar-refractivity contribution in [3.63, 3.8) is 0 Å². The van der Waals surface area contributed by atoms with Crippen molar-refractivity contribution in [2.24, 2.45) is 0 Å². The minimum Gasteiger partial charge on any atom is -0.236 e. The second-order valence-corrected chi connectivity index (χ2v) is 4.12. The zero-order valence-electron chi connectivity index (χ0n) is 8.37. The molecule has 88 valence electrons. The Morgan fingerprint density at radius 3 is 2.47 bits per heavy atom. The average Bonchev–Trinajstić information content (AvgIpc) is 2.28. The van der Waals surface area contributed by atoms with E-state index in [4.69, 9.17) is 0 Å². The van der Waals surface area contributed by atoms with Crippen LogP contribution in [0.3, 0.4) is 0 Å². The number of rotatable bonds is 1. The maximum absolute atomic E-state index is 12.5. The largest absolute Gasteiger partial charge is 0.416 e. The van der Waals surface area contributed by atoms with E-state index in [-0.39, 0.29) is 0 Å². The van der Waals surface area contributed by atoms with Crippen LogP contribution in [-0.4, -0.2) is 9.97 Å². The monoisotopic (exact) mass is 302 g/mol. The molecule has 0 amide bonds. The van der Waals surface area contributed by atoms with Crippen molar-refractivity contribution in [3.05, 3.63) is 46.8 Å². The first-order valence-electron chi connectivity index (χ1n) is 4.62. The fraction of sp³-hybridized carbons (Fsp3) is 0.0909. The highest BCUT2D eigenvalue weighted by molar-refractivity contribution is 9.10. The maximum Gasteiger partial charge on any atom is 0.416 e. The molecule has 0 spiro atoms. The molecule has 0 N–H and O–H groups in total. The van der Waals surface area contributed by atoms with E-state index >= 15 is 0 Å². The molecule has 0 radical (unpaired) electrons. The molecule has 2 aromatic rings. The SMILES string of the molecule is FC(F)(F)c1cccc(-c2cc(Br)ncn2)c1. The minimum atomic E-state index is -4.35. The van der Waals surface area contributed by atoms with Crippen LogP contribution >= 0.6 is 15.9 Å². The smallest absolute Gasteiger partial charge is 0.236 e. The standard InChI is InChI=1S/C11H6BrF3N2/c12-10-5-9(16-6-17-10)7-2-1-3-8(4-7)11(13,14)15/h1-6H. The molecule has 0 fully saturated rings. The molecule has 6 heteroatoms. The summed E-state index contributed by atoms with van der Waals surface area (Å²) >= 11 is 3.14. The van der Waals surface area contributed by atoms with Gasteiger partial charge in [-0.25, -0.2) is 9.97 Å². The minimum absolute atomic E-state index is 0.405. The second kappa shape index (κ2) is 4.44. The zero-order valence-corrected chi connectivity index (χ0v) is 9.96. The summed E-state index contributed by atoms with van der Waals surface area (Å²) in [6.07, 6.45) is -3.06. The van der Waals surface area contributed by atoms with Gasteiger partial charge in [-0.1, -0.05) is 12.1 Å². The van der Waals surface area contributed by atoms with Gasteiger partial charge in [0.25, 0.3) is 0 Å². The molecule has 0 aliphatic heterocycles. The van der Waals surface area contributed by atoms with Crippen LogP contribution in [0.1, 0.15) is 5.56 Å². The van der Waals surface area contributed by atoms with Gasteiger partial charge in [-0.05, 0) is 34.1 Å². The zero-order chi connectivity index (χ0) is 12.5. The van der Waals surface area contributed by atoms with E-state index in [1.54, 1.807) is 12.1 Å². The Morgan fingerprint density at radius 1 is 1.06 bits per heavy atom. The van der Waals surface area contributed by atoms with Crippen LogP contribution in [0.25, 0.3) is 11.3 Å². The van der Waals surface area contributed by atoms with Gasteiger partial charge in [-0.15, -0.1) is 0 Å². The normalized spacial score (nSPS) is 11.5. The molecule has 1 aromatic heterocycles. The van der Waals surface area contributed by atoms with Crippen molar-refractivity contribution >= 4 is 15.9 Å². The van der Waals surface area contributed by atoms with Crippen molar-refractivity contribution in [2.45, 2.75) is 6.18 Å². The molecule has 0 saturated heterocycles. The third kappa shape index (κ3) is 2.82. The third-order valence-electron chi connectivity index (χ3n) is 2.12. The third-order valence-corrected chi connectivity index (χ3v) is 2.55. The maximum atomic E-state index is 12.5. The topological polar surface area (TPSA) is 25.8 Å². The Morgan fingerprint density at radius 2 is 1.82 bits per heavy atom. The number of hydrogen-bond donors (Lipinski definition) is 0. The molecule has 0 aliphatic rings. The van der Waals surface area contributed by atoms with E-state index in [0.717, 1.165) is 12.1 Å². The van der Waals surface area contributed by atoms with Gasteiger partial charge < -0.3 is 0 Å². The predicted molar refractivity (Wildman–Crippen MR) is 60.2 cm³/mol. The second-order valence-electron chi connectivity index (χ2n) is 3.30. The van der Waals surface area contributed by atoms with E-state index < -0.39 is 11.7 Å². The summed E-state index contributed by atoms with van der Waals surface area (Å²) in [4.78, 5) is 7.74. The summed E-state index contributed by atoms with van der Waals surface area (Å²) in [5, 5.41) is 0. The quantitative estimate of drug-likeness (QED) is 0.746. The number of nitrogens with zero attached hydrogens (tertiary/aromatic N) is 2. The van der Waals surface area contributed by atoms with E-state index in [1.165, 1.54) is 12.4 Å². The number of benzene rings is 1. The number of aromatic nitrogens is 2. The number of halogens is 4. The van der Waals surface area contributed by atoms with E-state index in [2.05, 4.69) is 25.9 Å². The lowest BCUT2D eigenvalue weighted by Gasteiger charge is -2.08. The van der Waals surface area contributed by atoms with Crippen LogP contribution in [0.15, 0.2) is 41.3 Å². The van der Waals surface area contributed by atoms with Crippen LogP contribution in [0.5, 0.6) is 0 Å². The summed E-state index contributed by atoms with van der Waals surface area (Å²) in [7, 11) is 0. The van der Waals surface area contributed by atoms with Crippen LogP contribution < -0.4 is 0 Å². The summed E-state index contributed by atoms with van der Waals surface area (Å²) in [5.74, 6) is 0. The Balaban J connectivity index is 2.47. The number of hydrogen-bond acceptors (Lipinski definition) is 2. The van der Waals surface area contributed by atoms with Crippen LogP contribution in [0, 0.1) is 0 Å². The highest BCUT2D eigenvalue weighted by Crippen LogP contribution is 2.31. The van der Waals surface area contributed by atoms with Gasteiger partial charge in [0.1, 0.15) is 10.9 Å². The van der Waals surface area contributed by atoms with Gasteiger partial charge >= 0.3 is 6.18 Å². The molecule has 17 heavy (non-hydrogen) atoms. The van der Waals surface area contributed by atoms with Crippen LogP contribution in [-0.2, 0) is 6.18 Å². The van der Waals surface area contributed by atoms with Crippen molar-refractivity contribution in [1.82, 2.24) is 9.97 Å².